The van der Waals surface area contributed by atoms with Gasteiger partial charge >= 0.3 is 0 Å². The average molecular weight is 434 g/mol. The maximum atomic E-state index is 12.8. The van der Waals surface area contributed by atoms with E-state index >= 15 is 0 Å². The Balaban J connectivity index is 1.66. The van der Waals surface area contributed by atoms with Crippen molar-refractivity contribution >= 4 is 42.6 Å². The highest BCUT2D eigenvalue weighted by molar-refractivity contribution is 9.10. The number of hydrogen-bond donors (Lipinski definition) is 2. The third-order valence-electron chi connectivity index (χ3n) is 4.79. The number of carbonyl (C=O) groups is 1. The molecule has 3 aromatic rings. The van der Waals surface area contributed by atoms with Gasteiger partial charge in [0, 0.05) is 10.0 Å². The molecule has 0 saturated heterocycles. The van der Waals surface area contributed by atoms with Crippen LogP contribution in [0.2, 0.25) is 0 Å². The zero-order valence-corrected chi connectivity index (χ0v) is 16.1. The Morgan fingerprint density at radius 2 is 1.96 bits per heavy atom. The lowest BCUT2D eigenvalue weighted by Crippen LogP contribution is -2.32. The van der Waals surface area contributed by atoms with Crippen LogP contribution in [0, 0.1) is 0 Å². The highest BCUT2D eigenvalue weighted by Gasteiger charge is 2.29. The standard InChI is InChI=1S/C18H16BrN3O3S/c19-16-13-7-2-1-4-12(13)8-9-15(16)26(24,25)22-18(23)17-14(10-20-21-17)11-5-3-6-11/h1-2,4,7-11H,3,5-6H2,(H,20,21)(H,22,23). The summed E-state index contributed by atoms with van der Waals surface area (Å²) in [5.74, 6) is -0.422. The van der Waals surface area contributed by atoms with E-state index in [-0.39, 0.29) is 16.5 Å². The molecular formula is C18H16BrN3O3S. The summed E-state index contributed by atoms with van der Waals surface area (Å²) in [5.41, 5.74) is 0.997. The lowest BCUT2D eigenvalue weighted by Gasteiger charge is -2.25. The first-order valence-corrected chi connectivity index (χ1v) is 10.5. The summed E-state index contributed by atoms with van der Waals surface area (Å²) in [6, 6.07) is 10.6. The van der Waals surface area contributed by atoms with Gasteiger partial charge in [0.1, 0.15) is 10.6 Å². The summed E-state index contributed by atoms with van der Waals surface area (Å²) < 4.78 is 28.1. The number of fused-ring (bicyclic) bond motifs is 1. The van der Waals surface area contributed by atoms with Gasteiger partial charge in [-0.05, 0) is 51.5 Å². The van der Waals surface area contributed by atoms with E-state index in [2.05, 4.69) is 30.8 Å². The Kier molecular flexibility index (Phi) is 4.32. The molecule has 26 heavy (non-hydrogen) atoms. The Hall–Kier alpha value is -2.19. The number of amides is 1. The smallest absolute Gasteiger partial charge is 0.273 e. The number of H-pyrrole nitrogens is 1. The summed E-state index contributed by atoms with van der Waals surface area (Å²) in [7, 11) is -4.03. The van der Waals surface area contributed by atoms with E-state index in [1.54, 1.807) is 12.3 Å². The summed E-state index contributed by atoms with van der Waals surface area (Å²) in [4.78, 5) is 12.6. The van der Waals surface area contributed by atoms with Gasteiger partial charge in [-0.25, -0.2) is 13.1 Å². The molecule has 1 aromatic heterocycles. The number of hydrogen-bond acceptors (Lipinski definition) is 4. The molecule has 6 nitrogen and oxygen atoms in total. The van der Waals surface area contributed by atoms with Crippen LogP contribution in [0.5, 0.6) is 0 Å². The summed E-state index contributed by atoms with van der Waals surface area (Å²) in [6.07, 6.45) is 4.70. The number of nitrogens with zero attached hydrogens (tertiary/aromatic N) is 1. The quantitative estimate of drug-likeness (QED) is 0.655. The number of carbonyl (C=O) groups excluding carboxylic acids is 1. The normalized spacial score (nSPS) is 15.0. The van der Waals surface area contributed by atoms with Crippen molar-refractivity contribution in [2.75, 3.05) is 0 Å². The molecule has 4 rings (SSSR count). The minimum absolute atomic E-state index is 0.0225. The molecule has 1 amide bonds. The van der Waals surface area contributed by atoms with Gasteiger partial charge in [0.2, 0.25) is 0 Å². The van der Waals surface area contributed by atoms with Crippen molar-refractivity contribution in [3.05, 3.63) is 58.3 Å². The Labute approximate surface area is 159 Å². The summed E-state index contributed by atoms with van der Waals surface area (Å²) >= 11 is 3.36. The highest BCUT2D eigenvalue weighted by atomic mass is 79.9. The van der Waals surface area contributed by atoms with Crippen LogP contribution in [0.1, 0.15) is 41.2 Å². The SMILES string of the molecule is O=C(NS(=O)(=O)c1ccc2ccccc2c1Br)c1[nH]ncc1C1CCC1. The minimum Gasteiger partial charge on any atom is -0.273 e. The van der Waals surface area contributed by atoms with E-state index in [1.165, 1.54) is 6.07 Å². The first-order valence-electron chi connectivity index (χ1n) is 8.25. The second-order valence-corrected chi connectivity index (χ2v) is 8.81. The van der Waals surface area contributed by atoms with Crippen LogP contribution in [0.3, 0.4) is 0 Å². The maximum Gasteiger partial charge on any atom is 0.283 e. The van der Waals surface area contributed by atoms with Crippen LogP contribution < -0.4 is 4.72 Å². The van der Waals surface area contributed by atoms with Crippen molar-refractivity contribution in [2.24, 2.45) is 0 Å². The predicted molar refractivity (Wildman–Crippen MR) is 101 cm³/mol. The van der Waals surface area contributed by atoms with Crippen LogP contribution in [0.15, 0.2) is 52.0 Å². The number of nitrogens with one attached hydrogen (secondary N) is 2. The van der Waals surface area contributed by atoms with Crippen molar-refractivity contribution in [1.82, 2.24) is 14.9 Å². The van der Waals surface area contributed by atoms with Crippen LogP contribution in [0.4, 0.5) is 0 Å². The number of sulfonamides is 1. The summed E-state index contributed by atoms with van der Waals surface area (Å²) in [6.45, 7) is 0. The van der Waals surface area contributed by atoms with E-state index in [0.717, 1.165) is 35.6 Å². The molecular weight excluding hydrogens is 418 g/mol. The molecule has 1 fully saturated rings. The molecule has 0 atom stereocenters. The van der Waals surface area contributed by atoms with Gasteiger partial charge in [0.15, 0.2) is 0 Å². The molecule has 0 bridgehead atoms. The van der Waals surface area contributed by atoms with Crippen molar-refractivity contribution in [2.45, 2.75) is 30.1 Å². The Morgan fingerprint density at radius 1 is 1.19 bits per heavy atom. The molecule has 2 aromatic carbocycles. The Morgan fingerprint density at radius 3 is 2.69 bits per heavy atom. The van der Waals surface area contributed by atoms with Gasteiger partial charge in [0.25, 0.3) is 15.9 Å². The molecule has 1 saturated carbocycles. The zero-order valence-electron chi connectivity index (χ0n) is 13.7. The van der Waals surface area contributed by atoms with E-state index in [1.807, 2.05) is 24.3 Å². The first kappa shape index (κ1) is 17.2. The lowest BCUT2D eigenvalue weighted by molar-refractivity contribution is 0.0974. The molecule has 1 aliphatic carbocycles. The Bertz CT molecular complexity index is 1100. The molecule has 2 N–H and O–H groups in total. The van der Waals surface area contributed by atoms with E-state index < -0.39 is 15.9 Å². The topological polar surface area (TPSA) is 91.9 Å². The molecule has 0 spiro atoms. The second-order valence-electron chi connectivity index (χ2n) is 6.36. The maximum absolute atomic E-state index is 12.8. The monoisotopic (exact) mass is 433 g/mol. The predicted octanol–water partition coefficient (Wildman–Crippen LogP) is 3.71. The van der Waals surface area contributed by atoms with Crippen LogP contribution >= 0.6 is 15.9 Å². The minimum atomic E-state index is -4.03. The highest BCUT2D eigenvalue weighted by Crippen LogP contribution is 2.37. The first-order chi connectivity index (χ1) is 12.5. The van der Waals surface area contributed by atoms with Crippen LogP contribution in [0.25, 0.3) is 10.8 Å². The van der Waals surface area contributed by atoms with Crippen LogP contribution in [-0.4, -0.2) is 24.5 Å². The van der Waals surface area contributed by atoms with E-state index in [9.17, 15) is 13.2 Å². The van der Waals surface area contributed by atoms with Gasteiger partial charge in [-0.3, -0.25) is 9.89 Å². The lowest BCUT2D eigenvalue weighted by atomic mass is 9.80. The van der Waals surface area contributed by atoms with Gasteiger partial charge in [-0.15, -0.1) is 0 Å². The largest absolute Gasteiger partial charge is 0.283 e. The van der Waals surface area contributed by atoms with Gasteiger partial charge in [-0.2, -0.15) is 5.10 Å². The van der Waals surface area contributed by atoms with Crippen molar-refractivity contribution < 1.29 is 13.2 Å². The van der Waals surface area contributed by atoms with Crippen molar-refractivity contribution in [1.29, 1.82) is 0 Å². The number of halogens is 1. The summed E-state index contributed by atoms with van der Waals surface area (Å²) in [5, 5.41) is 8.22. The second kappa shape index (κ2) is 6.51. The zero-order chi connectivity index (χ0) is 18.3. The van der Waals surface area contributed by atoms with Gasteiger partial charge < -0.3 is 0 Å². The third-order valence-corrected chi connectivity index (χ3v) is 7.28. The van der Waals surface area contributed by atoms with E-state index in [0.29, 0.717) is 4.47 Å². The molecule has 1 heterocycles. The van der Waals surface area contributed by atoms with Crippen LogP contribution in [-0.2, 0) is 10.0 Å². The van der Waals surface area contributed by atoms with E-state index in [4.69, 9.17) is 0 Å². The van der Waals surface area contributed by atoms with Gasteiger partial charge in [0.05, 0.1) is 6.20 Å². The van der Waals surface area contributed by atoms with Gasteiger partial charge in [-0.1, -0.05) is 36.8 Å². The fourth-order valence-corrected chi connectivity index (χ4v) is 5.34. The molecule has 1 aliphatic rings. The number of rotatable bonds is 4. The fourth-order valence-electron chi connectivity index (χ4n) is 3.16. The number of benzene rings is 2. The fraction of sp³-hybridized carbons (Fsp3) is 0.222. The van der Waals surface area contributed by atoms with Crippen molar-refractivity contribution in [3.63, 3.8) is 0 Å². The molecule has 0 unspecified atom stereocenters. The third kappa shape index (κ3) is 2.93. The molecule has 0 aliphatic heterocycles. The number of aromatic nitrogens is 2. The van der Waals surface area contributed by atoms with Crippen molar-refractivity contribution in [3.8, 4) is 0 Å². The molecule has 8 heteroatoms. The molecule has 134 valence electrons. The average Bonchev–Trinajstić information content (AvgIpc) is 3.02. The number of aromatic amines is 1. The molecule has 0 radical (unpaired) electrons.